The van der Waals surface area contributed by atoms with Gasteiger partial charge in [-0.3, -0.25) is 4.79 Å². The molecule has 0 bridgehead atoms. The van der Waals surface area contributed by atoms with Gasteiger partial charge in [0.1, 0.15) is 5.82 Å². The van der Waals surface area contributed by atoms with E-state index in [4.69, 9.17) is 5.73 Å². The predicted molar refractivity (Wildman–Crippen MR) is 68.8 cm³/mol. The van der Waals surface area contributed by atoms with Gasteiger partial charge in [-0.05, 0) is 44.6 Å². The second-order valence-corrected chi connectivity index (χ2v) is 4.81. The summed E-state index contributed by atoms with van der Waals surface area (Å²) in [5.41, 5.74) is 5.83. The molecule has 1 aromatic rings. The standard InChI is InChI=1S/C13H18FN3O/c1-17-6-2-3-10(8-17)16-13(18)11-5-4-9(15)7-12(11)14/h4-5,7,10H,2-3,6,8,15H2,1H3,(H,16,18). The first-order chi connectivity index (χ1) is 8.56. The van der Waals surface area contributed by atoms with E-state index in [1.165, 1.54) is 18.2 Å². The fraction of sp³-hybridized carbons (Fsp3) is 0.462. The Balaban J connectivity index is 2.03. The number of carbonyl (C=O) groups is 1. The molecule has 1 unspecified atom stereocenters. The lowest BCUT2D eigenvalue weighted by Gasteiger charge is -2.30. The monoisotopic (exact) mass is 251 g/mol. The van der Waals surface area contributed by atoms with Gasteiger partial charge in [-0.15, -0.1) is 0 Å². The Kier molecular flexibility index (Phi) is 3.81. The molecule has 1 fully saturated rings. The van der Waals surface area contributed by atoms with Crippen LogP contribution in [0.25, 0.3) is 0 Å². The predicted octanol–water partition coefficient (Wildman–Crippen LogP) is 1.23. The molecule has 1 heterocycles. The molecule has 98 valence electrons. The van der Waals surface area contributed by atoms with E-state index in [1.54, 1.807) is 0 Å². The van der Waals surface area contributed by atoms with Crippen molar-refractivity contribution < 1.29 is 9.18 Å². The highest BCUT2D eigenvalue weighted by Gasteiger charge is 2.20. The van der Waals surface area contributed by atoms with Crippen LogP contribution >= 0.6 is 0 Å². The molecule has 1 aliphatic heterocycles. The number of nitrogens with zero attached hydrogens (tertiary/aromatic N) is 1. The number of anilines is 1. The minimum atomic E-state index is -0.573. The summed E-state index contributed by atoms with van der Waals surface area (Å²) >= 11 is 0. The first kappa shape index (κ1) is 12.8. The van der Waals surface area contributed by atoms with Crippen molar-refractivity contribution in [3.8, 4) is 0 Å². The molecule has 4 nitrogen and oxygen atoms in total. The number of amides is 1. The van der Waals surface area contributed by atoms with Gasteiger partial charge in [0, 0.05) is 18.3 Å². The van der Waals surface area contributed by atoms with Crippen LogP contribution in [0.15, 0.2) is 18.2 Å². The molecule has 0 saturated carbocycles. The molecule has 0 aliphatic carbocycles. The maximum Gasteiger partial charge on any atom is 0.254 e. The number of nitrogens with one attached hydrogen (secondary N) is 1. The Labute approximate surface area is 106 Å². The summed E-state index contributed by atoms with van der Waals surface area (Å²) in [6.07, 6.45) is 1.98. The van der Waals surface area contributed by atoms with Crippen LogP contribution in [0, 0.1) is 5.82 Å². The summed E-state index contributed by atoms with van der Waals surface area (Å²) in [5, 5.41) is 2.86. The molecule has 5 heteroatoms. The maximum absolute atomic E-state index is 13.6. The molecule has 1 saturated heterocycles. The van der Waals surface area contributed by atoms with Crippen molar-refractivity contribution >= 4 is 11.6 Å². The summed E-state index contributed by atoms with van der Waals surface area (Å²) in [5.74, 6) is -0.940. The lowest BCUT2D eigenvalue weighted by Crippen LogP contribution is -2.46. The van der Waals surface area contributed by atoms with Gasteiger partial charge in [0.2, 0.25) is 0 Å². The molecule has 0 spiro atoms. The summed E-state index contributed by atoms with van der Waals surface area (Å²) in [4.78, 5) is 14.1. The quantitative estimate of drug-likeness (QED) is 0.777. The highest BCUT2D eigenvalue weighted by atomic mass is 19.1. The van der Waals surface area contributed by atoms with Gasteiger partial charge in [-0.2, -0.15) is 0 Å². The number of benzene rings is 1. The third-order valence-corrected chi connectivity index (χ3v) is 3.20. The molecule has 3 N–H and O–H groups in total. The molecule has 18 heavy (non-hydrogen) atoms. The van der Waals surface area contributed by atoms with E-state index in [0.717, 1.165) is 25.9 Å². The third-order valence-electron chi connectivity index (χ3n) is 3.20. The number of nitrogen functional groups attached to an aromatic ring is 1. The number of hydrogen-bond donors (Lipinski definition) is 2. The molecule has 1 aliphatic rings. The van der Waals surface area contributed by atoms with E-state index in [2.05, 4.69) is 10.2 Å². The number of rotatable bonds is 2. The van der Waals surface area contributed by atoms with Gasteiger partial charge in [-0.25, -0.2) is 4.39 Å². The number of likely N-dealkylation sites (tertiary alicyclic amines) is 1. The zero-order valence-corrected chi connectivity index (χ0v) is 10.4. The number of carbonyl (C=O) groups excluding carboxylic acids is 1. The van der Waals surface area contributed by atoms with E-state index in [-0.39, 0.29) is 17.5 Å². The van der Waals surface area contributed by atoms with Crippen molar-refractivity contribution in [1.82, 2.24) is 10.2 Å². The van der Waals surface area contributed by atoms with Crippen molar-refractivity contribution in [3.63, 3.8) is 0 Å². The second-order valence-electron chi connectivity index (χ2n) is 4.81. The van der Waals surface area contributed by atoms with E-state index in [9.17, 15) is 9.18 Å². The van der Waals surface area contributed by atoms with E-state index >= 15 is 0 Å². The van der Waals surface area contributed by atoms with E-state index in [0.29, 0.717) is 5.69 Å². The fourth-order valence-electron chi connectivity index (χ4n) is 2.26. The number of likely N-dealkylation sites (N-methyl/N-ethyl adjacent to an activating group) is 1. The largest absolute Gasteiger partial charge is 0.399 e. The van der Waals surface area contributed by atoms with Crippen LogP contribution in [0.3, 0.4) is 0 Å². The lowest BCUT2D eigenvalue weighted by molar-refractivity contribution is 0.0908. The van der Waals surface area contributed by atoms with Crippen LogP contribution < -0.4 is 11.1 Å². The summed E-state index contributed by atoms with van der Waals surface area (Å²) in [7, 11) is 2.02. The van der Waals surface area contributed by atoms with E-state index < -0.39 is 5.82 Å². The van der Waals surface area contributed by atoms with Crippen molar-refractivity contribution in [2.75, 3.05) is 25.9 Å². The van der Waals surface area contributed by atoms with Crippen LogP contribution in [0.4, 0.5) is 10.1 Å². The van der Waals surface area contributed by atoms with Gasteiger partial charge in [0.25, 0.3) is 5.91 Å². The highest BCUT2D eigenvalue weighted by molar-refractivity contribution is 5.95. The Morgan fingerprint density at radius 3 is 3.00 bits per heavy atom. The van der Waals surface area contributed by atoms with Crippen LogP contribution in [0.1, 0.15) is 23.2 Å². The normalized spacial score (nSPS) is 20.7. The molecule has 2 rings (SSSR count). The number of halogens is 1. The fourth-order valence-corrected chi connectivity index (χ4v) is 2.26. The van der Waals surface area contributed by atoms with Gasteiger partial charge in [-0.1, -0.05) is 0 Å². The molecule has 0 aromatic heterocycles. The smallest absolute Gasteiger partial charge is 0.254 e. The van der Waals surface area contributed by atoms with E-state index in [1.807, 2.05) is 7.05 Å². The molecule has 1 aromatic carbocycles. The van der Waals surface area contributed by atoms with Crippen LogP contribution in [0.5, 0.6) is 0 Å². The molecule has 1 atom stereocenters. The van der Waals surface area contributed by atoms with Gasteiger partial charge >= 0.3 is 0 Å². The first-order valence-electron chi connectivity index (χ1n) is 6.10. The second kappa shape index (κ2) is 5.35. The SMILES string of the molecule is CN1CCCC(NC(=O)c2ccc(N)cc2F)C1. The maximum atomic E-state index is 13.6. The van der Waals surface area contributed by atoms with Gasteiger partial charge in [0.15, 0.2) is 0 Å². The van der Waals surface area contributed by atoms with Crippen LogP contribution in [-0.4, -0.2) is 37.0 Å². The van der Waals surface area contributed by atoms with Crippen molar-refractivity contribution in [2.24, 2.45) is 0 Å². The molecular weight excluding hydrogens is 233 g/mol. The van der Waals surface area contributed by atoms with Crippen LogP contribution in [-0.2, 0) is 0 Å². The number of nitrogens with two attached hydrogens (primary N) is 1. The number of hydrogen-bond acceptors (Lipinski definition) is 3. The number of piperidine rings is 1. The summed E-state index contributed by atoms with van der Waals surface area (Å²) in [6, 6.07) is 4.22. The van der Waals surface area contributed by atoms with Crippen molar-refractivity contribution in [2.45, 2.75) is 18.9 Å². The first-order valence-corrected chi connectivity index (χ1v) is 6.10. The zero-order chi connectivity index (χ0) is 13.1. The molecule has 0 radical (unpaired) electrons. The zero-order valence-electron chi connectivity index (χ0n) is 10.4. The van der Waals surface area contributed by atoms with Crippen molar-refractivity contribution in [1.29, 1.82) is 0 Å². The average Bonchev–Trinajstić information content (AvgIpc) is 2.28. The Morgan fingerprint density at radius 1 is 1.56 bits per heavy atom. The topological polar surface area (TPSA) is 58.4 Å². The minimum absolute atomic E-state index is 0.0532. The average molecular weight is 251 g/mol. The summed E-state index contributed by atoms with van der Waals surface area (Å²) in [6.45, 7) is 1.85. The summed E-state index contributed by atoms with van der Waals surface area (Å²) < 4.78 is 13.6. The molecular formula is C13H18FN3O. The van der Waals surface area contributed by atoms with Crippen LogP contribution in [0.2, 0.25) is 0 Å². The third kappa shape index (κ3) is 2.98. The van der Waals surface area contributed by atoms with Crippen molar-refractivity contribution in [3.05, 3.63) is 29.6 Å². The van der Waals surface area contributed by atoms with Gasteiger partial charge < -0.3 is 16.0 Å². The Morgan fingerprint density at radius 2 is 2.33 bits per heavy atom. The Bertz CT molecular complexity index is 450. The Hall–Kier alpha value is -1.62. The minimum Gasteiger partial charge on any atom is -0.399 e. The lowest BCUT2D eigenvalue weighted by atomic mass is 10.1. The van der Waals surface area contributed by atoms with Gasteiger partial charge in [0.05, 0.1) is 5.56 Å². The molecule has 1 amide bonds. The highest BCUT2D eigenvalue weighted by Crippen LogP contribution is 2.13.